The van der Waals surface area contributed by atoms with Crippen molar-refractivity contribution in [1.82, 2.24) is 10.2 Å². The highest BCUT2D eigenvalue weighted by atomic mass is 16.1. The monoisotopic (exact) mass is 298 g/mol. The highest BCUT2D eigenvalue weighted by Gasteiger charge is 2.42. The molecule has 2 fully saturated rings. The summed E-state index contributed by atoms with van der Waals surface area (Å²) < 4.78 is 0. The molecule has 22 heavy (non-hydrogen) atoms. The first-order valence-corrected chi connectivity index (χ1v) is 8.45. The summed E-state index contributed by atoms with van der Waals surface area (Å²) in [6.07, 6.45) is 5.13. The van der Waals surface area contributed by atoms with E-state index in [-0.39, 0.29) is 0 Å². The molecular weight excluding hydrogens is 272 g/mol. The minimum absolute atomic E-state index is 0.292. The predicted molar refractivity (Wildman–Crippen MR) is 90.6 cm³/mol. The summed E-state index contributed by atoms with van der Waals surface area (Å²) in [4.78, 5) is 14.7. The number of benzene rings is 1. The second-order valence-electron chi connectivity index (χ2n) is 6.56. The van der Waals surface area contributed by atoms with Gasteiger partial charge in [0.25, 0.3) is 0 Å². The lowest BCUT2D eigenvalue weighted by atomic mass is 9.72. The number of Topliss-reactive ketones (excluding diaryl/α,β-unsaturated/α-hetero) is 1. The molecule has 2 heterocycles. The van der Waals surface area contributed by atoms with Crippen molar-refractivity contribution in [2.24, 2.45) is 17.8 Å². The van der Waals surface area contributed by atoms with E-state index in [1.165, 1.54) is 5.56 Å². The van der Waals surface area contributed by atoms with E-state index in [1.54, 1.807) is 0 Å². The lowest BCUT2D eigenvalue weighted by Gasteiger charge is -2.46. The van der Waals surface area contributed by atoms with Crippen molar-refractivity contribution >= 4 is 11.9 Å². The molecule has 3 rings (SSSR count). The first-order valence-electron chi connectivity index (χ1n) is 8.45. The summed E-state index contributed by atoms with van der Waals surface area (Å²) in [5.41, 5.74) is 1.25. The molecule has 1 aromatic carbocycles. The first kappa shape index (κ1) is 15.4. The molecule has 3 heteroatoms. The summed E-state index contributed by atoms with van der Waals surface area (Å²) in [6, 6.07) is 10.4. The third-order valence-electron chi connectivity index (χ3n) is 5.01. The van der Waals surface area contributed by atoms with E-state index >= 15 is 0 Å². The molecule has 0 spiro atoms. The first-order chi connectivity index (χ1) is 10.8. The molecule has 2 atom stereocenters. The number of hydrogen-bond acceptors (Lipinski definition) is 3. The minimum Gasteiger partial charge on any atom is -0.316 e. The SMILES string of the molecule is CCC(=O)C1C2CNCC1CN(C/C=C/c1ccccc1)C2. The van der Waals surface area contributed by atoms with Gasteiger partial charge in [0.15, 0.2) is 0 Å². The molecule has 118 valence electrons. The van der Waals surface area contributed by atoms with Gasteiger partial charge in [0, 0.05) is 32.0 Å². The van der Waals surface area contributed by atoms with Gasteiger partial charge in [0.2, 0.25) is 0 Å². The van der Waals surface area contributed by atoms with Crippen molar-refractivity contribution in [2.75, 3.05) is 32.7 Å². The third-order valence-corrected chi connectivity index (χ3v) is 5.01. The van der Waals surface area contributed by atoms with Gasteiger partial charge >= 0.3 is 0 Å². The van der Waals surface area contributed by atoms with Crippen LogP contribution in [0.3, 0.4) is 0 Å². The van der Waals surface area contributed by atoms with Gasteiger partial charge in [-0.2, -0.15) is 0 Å². The van der Waals surface area contributed by atoms with Gasteiger partial charge in [-0.25, -0.2) is 0 Å². The fourth-order valence-electron chi connectivity index (χ4n) is 4.00. The summed E-state index contributed by atoms with van der Waals surface area (Å²) in [7, 11) is 0. The Kier molecular flexibility index (Phi) is 5.06. The highest BCUT2D eigenvalue weighted by Crippen LogP contribution is 2.32. The quantitative estimate of drug-likeness (QED) is 0.906. The normalized spacial score (nSPS) is 28.9. The molecule has 1 aromatic rings. The summed E-state index contributed by atoms with van der Waals surface area (Å²) >= 11 is 0. The number of nitrogens with one attached hydrogen (secondary N) is 1. The van der Waals surface area contributed by atoms with Crippen LogP contribution in [0.5, 0.6) is 0 Å². The minimum atomic E-state index is 0.292. The second-order valence-corrected chi connectivity index (χ2v) is 6.56. The molecule has 0 saturated carbocycles. The Hall–Kier alpha value is -1.45. The maximum atomic E-state index is 12.2. The van der Waals surface area contributed by atoms with Crippen LogP contribution in [0.2, 0.25) is 0 Å². The van der Waals surface area contributed by atoms with E-state index in [4.69, 9.17) is 0 Å². The number of nitrogens with zero attached hydrogens (tertiary/aromatic N) is 1. The Morgan fingerprint density at radius 3 is 2.55 bits per heavy atom. The van der Waals surface area contributed by atoms with E-state index in [2.05, 4.69) is 46.6 Å². The van der Waals surface area contributed by atoms with Gasteiger partial charge in [-0.05, 0) is 30.5 Å². The topological polar surface area (TPSA) is 32.3 Å². The second kappa shape index (κ2) is 7.21. The number of hydrogen-bond donors (Lipinski definition) is 1. The van der Waals surface area contributed by atoms with Crippen LogP contribution in [-0.4, -0.2) is 43.4 Å². The molecule has 0 amide bonds. The smallest absolute Gasteiger partial charge is 0.136 e. The van der Waals surface area contributed by atoms with Crippen LogP contribution in [0.25, 0.3) is 6.08 Å². The van der Waals surface area contributed by atoms with Crippen LogP contribution in [0.15, 0.2) is 36.4 Å². The fourth-order valence-corrected chi connectivity index (χ4v) is 4.00. The van der Waals surface area contributed by atoms with Crippen molar-refractivity contribution in [2.45, 2.75) is 13.3 Å². The van der Waals surface area contributed by atoms with E-state index in [0.29, 0.717) is 30.0 Å². The van der Waals surface area contributed by atoms with Crippen LogP contribution in [-0.2, 0) is 4.79 Å². The Morgan fingerprint density at radius 2 is 1.91 bits per heavy atom. The Labute approximate surface area is 133 Å². The summed E-state index contributed by atoms with van der Waals surface area (Å²) in [5, 5.41) is 3.50. The van der Waals surface area contributed by atoms with Crippen LogP contribution in [0.4, 0.5) is 0 Å². The molecule has 3 nitrogen and oxygen atoms in total. The molecule has 2 aliphatic heterocycles. The molecule has 2 bridgehead atoms. The molecule has 0 aromatic heterocycles. The van der Waals surface area contributed by atoms with E-state index in [0.717, 1.165) is 32.7 Å². The molecule has 0 aliphatic carbocycles. The molecule has 2 saturated heterocycles. The largest absolute Gasteiger partial charge is 0.316 e. The number of ketones is 1. The van der Waals surface area contributed by atoms with Gasteiger partial charge in [-0.1, -0.05) is 49.4 Å². The summed E-state index contributed by atoms with van der Waals surface area (Å²) in [6.45, 7) is 7.05. The zero-order valence-electron chi connectivity index (χ0n) is 13.4. The number of piperidine rings is 2. The number of rotatable bonds is 5. The van der Waals surface area contributed by atoms with E-state index in [1.807, 2.05) is 13.0 Å². The van der Waals surface area contributed by atoms with Crippen LogP contribution < -0.4 is 5.32 Å². The third kappa shape index (κ3) is 3.47. The number of carbonyl (C=O) groups is 1. The van der Waals surface area contributed by atoms with Gasteiger partial charge in [-0.15, -0.1) is 0 Å². The molecular formula is C19H26N2O. The lowest BCUT2D eigenvalue weighted by molar-refractivity contribution is -0.130. The lowest BCUT2D eigenvalue weighted by Crippen LogP contribution is -2.58. The Morgan fingerprint density at radius 1 is 1.23 bits per heavy atom. The zero-order valence-corrected chi connectivity index (χ0v) is 13.4. The fraction of sp³-hybridized carbons (Fsp3) is 0.526. The van der Waals surface area contributed by atoms with Gasteiger partial charge in [-0.3, -0.25) is 9.69 Å². The maximum Gasteiger partial charge on any atom is 0.136 e. The Balaban J connectivity index is 1.59. The van der Waals surface area contributed by atoms with Crippen LogP contribution in [0.1, 0.15) is 18.9 Å². The average Bonchev–Trinajstić information content (AvgIpc) is 2.54. The maximum absolute atomic E-state index is 12.2. The zero-order chi connectivity index (χ0) is 15.4. The van der Waals surface area contributed by atoms with Crippen molar-refractivity contribution in [3.63, 3.8) is 0 Å². The number of fused-ring (bicyclic) bond motifs is 2. The molecule has 2 aliphatic rings. The van der Waals surface area contributed by atoms with Crippen molar-refractivity contribution in [1.29, 1.82) is 0 Å². The van der Waals surface area contributed by atoms with E-state index < -0.39 is 0 Å². The van der Waals surface area contributed by atoms with E-state index in [9.17, 15) is 4.79 Å². The standard InChI is InChI=1S/C19H26N2O/c1-2-18(22)19-16-11-20-12-17(19)14-21(13-16)10-6-9-15-7-4-3-5-8-15/h3-9,16-17,19-20H,2,10-14H2,1H3/b9-6+. The van der Waals surface area contributed by atoms with Gasteiger partial charge in [0.05, 0.1) is 0 Å². The number of likely N-dealkylation sites (tertiary alicyclic amines) is 1. The highest BCUT2D eigenvalue weighted by molar-refractivity contribution is 5.81. The molecule has 2 unspecified atom stereocenters. The predicted octanol–water partition coefficient (Wildman–Crippen LogP) is 2.45. The van der Waals surface area contributed by atoms with Crippen molar-refractivity contribution in [3.8, 4) is 0 Å². The van der Waals surface area contributed by atoms with Crippen molar-refractivity contribution in [3.05, 3.63) is 42.0 Å². The van der Waals surface area contributed by atoms with Crippen LogP contribution >= 0.6 is 0 Å². The molecule has 1 N–H and O–H groups in total. The molecule has 0 radical (unpaired) electrons. The van der Waals surface area contributed by atoms with Crippen molar-refractivity contribution < 1.29 is 4.79 Å². The van der Waals surface area contributed by atoms with Gasteiger partial charge in [0.1, 0.15) is 5.78 Å². The van der Waals surface area contributed by atoms with Gasteiger partial charge < -0.3 is 5.32 Å². The van der Waals surface area contributed by atoms with Crippen LogP contribution in [0, 0.1) is 17.8 Å². The summed E-state index contributed by atoms with van der Waals surface area (Å²) in [5.74, 6) is 1.74. The average molecular weight is 298 g/mol. The Bertz CT molecular complexity index is 511. The number of carbonyl (C=O) groups excluding carboxylic acids is 1.